The van der Waals surface area contributed by atoms with Crippen molar-refractivity contribution in [1.82, 2.24) is 5.32 Å². The molecule has 0 aliphatic heterocycles. The fourth-order valence-electron chi connectivity index (χ4n) is 2.83. The van der Waals surface area contributed by atoms with E-state index in [4.69, 9.17) is 5.73 Å². The molecule has 0 saturated carbocycles. The zero-order valence-electron chi connectivity index (χ0n) is 16.2. The van der Waals surface area contributed by atoms with Crippen molar-refractivity contribution in [2.75, 3.05) is 17.2 Å². The van der Waals surface area contributed by atoms with Crippen molar-refractivity contribution in [3.63, 3.8) is 0 Å². The van der Waals surface area contributed by atoms with Gasteiger partial charge in [-0.3, -0.25) is 14.4 Å². The summed E-state index contributed by atoms with van der Waals surface area (Å²) >= 11 is 0. The van der Waals surface area contributed by atoms with Crippen LogP contribution in [0.15, 0.2) is 78.9 Å². The summed E-state index contributed by atoms with van der Waals surface area (Å²) in [6.07, 6.45) is 0. The number of para-hydroxylation sites is 1. The molecule has 0 spiro atoms. The second-order valence-corrected chi connectivity index (χ2v) is 6.56. The maximum Gasteiger partial charge on any atom is 0.251 e. The first-order chi connectivity index (χ1) is 14.5. The van der Waals surface area contributed by atoms with Crippen LogP contribution < -0.4 is 21.7 Å². The van der Waals surface area contributed by atoms with Crippen molar-refractivity contribution in [2.24, 2.45) is 5.73 Å². The van der Waals surface area contributed by atoms with E-state index in [9.17, 15) is 14.4 Å². The van der Waals surface area contributed by atoms with Gasteiger partial charge in [0.2, 0.25) is 5.91 Å². The first-order valence-electron chi connectivity index (χ1n) is 9.37. The summed E-state index contributed by atoms with van der Waals surface area (Å²) in [7, 11) is 0. The molecule has 7 heteroatoms. The lowest BCUT2D eigenvalue weighted by atomic mass is 10.1. The summed E-state index contributed by atoms with van der Waals surface area (Å²) in [6.45, 7) is 0.390. The molecule has 3 aromatic carbocycles. The molecule has 0 unspecified atom stereocenters. The summed E-state index contributed by atoms with van der Waals surface area (Å²) in [4.78, 5) is 36.1. The number of primary amides is 1. The van der Waals surface area contributed by atoms with Gasteiger partial charge in [0.15, 0.2) is 0 Å². The van der Waals surface area contributed by atoms with Gasteiger partial charge in [0, 0.05) is 17.8 Å². The van der Waals surface area contributed by atoms with Gasteiger partial charge >= 0.3 is 0 Å². The third-order valence-corrected chi connectivity index (χ3v) is 4.34. The highest BCUT2D eigenvalue weighted by atomic mass is 16.2. The lowest BCUT2D eigenvalue weighted by Crippen LogP contribution is -2.24. The lowest BCUT2D eigenvalue weighted by molar-refractivity contribution is -0.114. The van der Waals surface area contributed by atoms with E-state index in [0.717, 1.165) is 5.56 Å². The van der Waals surface area contributed by atoms with E-state index in [2.05, 4.69) is 16.0 Å². The third-order valence-electron chi connectivity index (χ3n) is 4.34. The number of nitrogens with two attached hydrogens (primary N) is 1. The average Bonchev–Trinajstić information content (AvgIpc) is 2.77. The molecule has 30 heavy (non-hydrogen) atoms. The van der Waals surface area contributed by atoms with Gasteiger partial charge < -0.3 is 21.7 Å². The van der Waals surface area contributed by atoms with Gasteiger partial charge in [0.25, 0.3) is 11.8 Å². The first kappa shape index (κ1) is 20.6. The van der Waals surface area contributed by atoms with Crippen molar-refractivity contribution < 1.29 is 14.4 Å². The van der Waals surface area contributed by atoms with Crippen LogP contribution in [-0.4, -0.2) is 24.3 Å². The molecule has 0 aliphatic carbocycles. The highest BCUT2D eigenvalue weighted by Crippen LogP contribution is 2.15. The highest BCUT2D eigenvalue weighted by Gasteiger charge is 2.11. The van der Waals surface area contributed by atoms with Crippen molar-refractivity contribution >= 4 is 29.1 Å². The SMILES string of the molecule is NC(=O)c1ccccc1NC(=O)CNc1cccc(C(=O)NCc2ccccc2)c1. The number of nitrogens with one attached hydrogen (secondary N) is 3. The first-order valence-corrected chi connectivity index (χ1v) is 9.37. The molecular weight excluding hydrogens is 380 g/mol. The molecular formula is C23H22N4O3. The van der Waals surface area contributed by atoms with Crippen LogP contribution in [0, 0.1) is 0 Å². The Morgan fingerprint density at radius 1 is 0.833 bits per heavy atom. The van der Waals surface area contributed by atoms with Crippen LogP contribution in [0.25, 0.3) is 0 Å². The second-order valence-electron chi connectivity index (χ2n) is 6.56. The predicted octanol–water partition coefficient (Wildman–Crippen LogP) is 2.77. The number of carbonyl (C=O) groups is 3. The molecule has 7 nitrogen and oxygen atoms in total. The Morgan fingerprint density at radius 2 is 1.57 bits per heavy atom. The number of benzene rings is 3. The Hall–Kier alpha value is -4.13. The summed E-state index contributed by atoms with van der Waals surface area (Å²) in [6, 6.07) is 23.0. The summed E-state index contributed by atoms with van der Waals surface area (Å²) in [5.41, 5.74) is 8.02. The molecule has 0 aromatic heterocycles. The van der Waals surface area contributed by atoms with Crippen LogP contribution in [-0.2, 0) is 11.3 Å². The number of anilines is 2. The van der Waals surface area contributed by atoms with Gasteiger partial charge in [0.05, 0.1) is 17.8 Å². The highest BCUT2D eigenvalue weighted by molar-refractivity contribution is 6.03. The average molecular weight is 402 g/mol. The maximum atomic E-state index is 12.4. The van der Waals surface area contributed by atoms with E-state index in [0.29, 0.717) is 23.5 Å². The topological polar surface area (TPSA) is 113 Å². The quantitative estimate of drug-likeness (QED) is 0.464. The molecule has 0 atom stereocenters. The van der Waals surface area contributed by atoms with Crippen LogP contribution in [0.2, 0.25) is 0 Å². The van der Waals surface area contributed by atoms with Crippen LogP contribution in [0.3, 0.4) is 0 Å². The molecule has 3 amide bonds. The van der Waals surface area contributed by atoms with Gasteiger partial charge in [-0.15, -0.1) is 0 Å². The minimum atomic E-state index is -0.618. The molecule has 0 heterocycles. The van der Waals surface area contributed by atoms with Gasteiger partial charge in [-0.05, 0) is 35.9 Å². The second kappa shape index (κ2) is 9.88. The summed E-state index contributed by atoms with van der Waals surface area (Å²) in [5.74, 6) is -1.17. The molecule has 0 fully saturated rings. The predicted molar refractivity (Wildman–Crippen MR) is 116 cm³/mol. The molecule has 3 aromatic rings. The fourth-order valence-corrected chi connectivity index (χ4v) is 2.83. The Labute approximate surface area is 174 Å². The van der Waals surface area contributed by atoms with E-state index in [1.54, 1.807) is 48.5 Å². The van der Waals surface area contributed by atoms with Crippen molar-refractivity contribution in [1.29, 1.82) is 0 Å². The number of amides is 3. The monoisotopic (exact) mass is 402 g/mol. The van der Waals surface area contributed by atoms with Crippen molar-refractivity contribution in [3.05, 3.63) is 95.6 Å². The molecule has 0 bridgehead atoms. The summed E-state index contributed by atoms with van der Waals surface area (Å²) < 4.78 is 0. The maximum absolute atomic E-state index is 12.4. The van der Waals surface area contributed by atoms with Gasteiger partial charge in [-0.2, -0.15) is 0 Å². The van der Waals surface area contributed by atoms with Crippen LogP contribution in [0.1, 0.15) is 26.3 Å². The van der Waals surface area contributed by atoms with E-state index >= 15 is 0 Å². The molecule has 0 radical (unpaired) electrons. The van der Waals surface area contributed by atoms with Crippen LogP contribution in [0.5, 0.6) is 0 Å². The molecule has 152 valence electrons. The van der Waals surface area contributed by atoms with Gasteiger partial charge in [-0.1, -0.05) is 48.5 Å². The largest absolute Gasteiger partial charge is 0.376 e. The molecule has 0 saturated heterocycles. The minimum Gasteiger partial charge on any atom is -0.376 e. The van der Waals surface area contributed by atoms with Crippen molar-refractivity contribution in [2.45, 2.75) is 6.54 Å². The fraction of sp³-hybridized carbons (Fsp3) is 0.0870. The standard InChI is InChI=1S/C23H22N4O3/c24-22(29)19-11-4-5-12-20(19)27-21(28)15-25-18-10-6-9-17(13-18)23(30)26-14-16-7-2-1-3-8-16/h1-13,25H,14-15H2,(H2,24,29)(H,26,30)(H,27,28). The zero-order chi connectivity index (χ0) is 21.3. The summed E-state index contributed by atoms with van der Waals surface area (Å²) in [5, 5.41) is 8.50. The van der Waals surface area contributed by atoms with E-state index in [1.807, 2.05) is 30.3 Å². The van der Waals surface area contributed by atoms with E-state index < -0.39 is 5.91 Å². The number of rotatable bonds is 8. The number of carbonyl (C=O) groups excluding carboxylic acids is 3. The Kier molecular flexibility index (Phi) is 6.78. The van der Waals surface area contributed by atoms with Crippen LogP contribution in [0.4, 0.5) is 11.4 Å². The van der Waals surface area contributed by atoms with Gasteiger partial charge in [0.1, 0.15) is 0 Å². The smallest absolute Gasteiger partial charge is 0.251 e. The van der Waals surface area contributed by atoms with Gasteiger partial charge in [-0.25, -0.2) is 0 Å². The molecule has 0 aliphatic rings. The number of hydrogen-bond acceptors (Lipinski definition) is 4. The Balaban J connectivity index is 1.55. The zero-order valence-corrected chi connectivity index (χ0v) is 16.2. The molecule has 5 N–H and O–H groups in total. The third kappa shape index (κ3) is 5.68. The Morgan fingerprint density at radius 3 is 2.33 bits per heavy atom. The minimum absolute atomic E-state index is 0.0395. The van der Waals surface area contributed by atoms with E-state index in [1.165, 1.54) is 0 Å². The lowest BCUT2D eigenvalue weighted by Gasteiger charge is -2.11. The van der Waals surface area contributed by atoms with Crippen molar-refractivity contribution in [3.8, 4) is 0 Å². The van der Waals surface area contributed by atoms with E-state index in [-0.39, 0.29) is 23.9 Å². The normalized spacial score (nSPS) is 10.1. The Bertz CT molecular complexity index is 1050. The van der Waals surface area contributed by atoms with Crippen LogP contribution >= 0.6 is 0 Å². The number of hydrogen-bond donors (Lipinski definition) is 4. The molecule has 3 rings (SSSR count).